The van der Waals surface area contributed by atoms with E-state index in [-0.39, 0.29) is 6.09 Å². The van der Waals surface area contributed by atoms with Gasteiger partial charge in [0.05, 0.1) is 10.1 Å². The number of hydrogen-bond donors (Lipinski definition) is 0. The number of ether oxygens (including phenoxy) is 1. The third-order valence-electron chi connectivity index (χ3n) is 2.24. The summed E-state index contributed by atoms with van der Waals surface area (Å²) < 4.78 is 7.60. The molecule has 0 radical (unpaired) electrons. The van der Waals surface area contributed by atoms with Gasteiger partial charge in [0.2, 0.25) is 0 Å². The summed E-state index contributed by atoms with van der Waals surface area (Å²) in [4.78, 5) is 12.1. The Hall–Kier alpha value is -1.29. The Labute approximate surface area is 108 Å². The van der Waals surface area contributed by atoms with Crippen molar-refractivity contribution in [2.75, 3.05) is 0 Å². The molecule has 0 saturated carbocycles. The van der Waals surface area contributed by atoms with E-state index >= 15 is 0 Å². The molecule has 0 saturated heterocycles. The monoisotopic (exact) mass is 295 g/mol. The number of hydrogen-bond acceptors (Lipinski definition) is 2. The van der Waals surface area contributed by atoms with Crippen molar-refractivity contribution in [2.24, 2.45) is 0 Å². The number of benzene rings is 1. The largest absolute Gasteiger partial charge is 0.443 e. The van der Waals surface area contributed by atoms with E-state index in [1.165, 1.54) is 4.57 Å². The summed E-state index contributed by atoms with van der Waals surface area (Å²) in [5.74, 6) is 0. The molecule has 0 atom stereocenters. The van der Waals surface area contributed by atoms with Crippen LogP contribution in [0.5, 0.6) is 0 Å². The van der Waals surface area contributed by atoms with Gasteiger partial charge in [-0.15, -0.1) is 0 Å². The van der Waals surface area contributed by atoms with Gasteiger partial charge in [0, 0.05) is 5.39 Å². The van der Waals surface area contributed by atoms with Crippen LogP contribution in [0.4, 0.5) is 4.79 Å². The van der Waals surface area contributed by atoms with Crippen LogP contribution >= 0.6 is 15.9 Å². The van der Waals surface area contributed by atoms with Crippen molar-refractivity contribution >= 4 is 32.9 Å². The van der Waals surface area contributed by atoms with E-state index < -0.39 is 5.60 Å². The van der Waals surface area contributed by atoms with Crippen molar-refractivity contribution in [1.82, 2.24) is 4.57 Å². The maximum absolute atomic E-state index is 12.1. The molecule has 1 aromatic heterocycles. The topological polar surface area (TPSA) is 31.2 Å². The molecule has 3 nitrogen and oxygen atoms in total. The van der Waals surface area contributed by atoms with Crippen LogP contribution in [-0.2, 0) is 4.74 Å². The van der Waals surface area contributed by atoms with Gasteiger partial charge >= 0.3 is 6.09 Å². The SMILES string of the molecule is CC(C)(C)OC(=O)n1c(Br)cc2ccccc21. The third-order valence-corrected chi connectivity index (χ3v) is 2.83. The highest BCUT2D eigenvalue weighted by atomic mass is 79.9. The van der Waals surface area contributed by atoms with Gasteiger partial charge < -0.3 is 4.74 Å². The summed E-state index contributed by atoms with van der Waals surface area (Å²) in [5.41, 5.74) is 0.343. The number of halogens is 1. The second-order valence-corrected chi connectivity index (χ2v) is 5.65. The van der Waals surface area contributed by atoms with E-state index in [9.17, 15) is 4.79 Å². The van der Waals surface area contributed by atoms with E-state index in [0.29, 0.717) is 4.60 Å². The van der Waals surface area contributed by atoms with Crippen LogP contribution in [0.1, 0.15) is 20.8 Å². The standard InChI is InChI=1S/C13H14BrNO2/c1-13(2,3)17-12(16)15-10-7-5-4-6-9(10)8-11(15)14/h4-8H,1-3H3. The smallest absolute Gasteiger partial charge is 0.419 e. The summed E-state index contributed by atoms with van der Waals surface area (Å²) in [6, 6.07) is 9.59. The lowest BCUT2D eigenvalue weighted by Gasteiger charge is -2.20. The van der Waals surface area contributed by atoms with Crippen molar-refractivity contribution in [3.05, 3.63) is 34.9 Å². The Morgan fingerprint density at radius 3 is 2.59 bits per heavy atom. The van der Waals surface area contributed by atoms with Crippen LogP contribution in [-0.4, -0.2) is 16.3 Å². The molecule has 17 heavy (non-hydrogen) atoms. The first kappa shape index (κ1) is 12.2. The molecule has 1 aromatic carbocycles. The van der Waals surface area contributed by atoms with Gasteiger partial charge in [-0.3, -0.25) is 0 Å². The van der Waals surface area contributed by atoms with Crippen molar-refractivity contribution in [3.63, 3.8) is 0 Å². The fourth-order valence-corrected chi connectivity index (χ4v) is 2.20. The molecule has 0 aliphatic rings. The van der Waals surface area contributed by atoms with Crippen LogP contribution in [0.3, 0.4) is 0 Å². The summed E-state index contributed by atoms with van der Waals surface area (Å²) in [6.45, 7) is 5.56. The normalized spacial score (nSPS) is 11.8. The van der Waals surface area contributed by atoms with E-state index in [1.54, 1.807) is 0 Å². The lowest BCUT2D eigenvalue weighted by molar-refractivity contribution is 0.0541. The van der Waals surface area contributed by atoms with Gasteiger partial charge in [-0.2, -0.15) is 0 Å². The average Bonchev–Trinajstić information content (AvgIpc) is 2.50. The van der Waals surface area contributed by atoms with Crippen LogP contribution in [0.15, 0.2) is 34.9 Å². The minimum atomic E-state index is -0.498. The van der Waals surface area contributed by atoms with Crippen LogP contribution in [0.25, 0.3) is 10.9 Å². The van der Waals surface area contributed by atoms with Crippen molar-refractivity contribution in [3.8, 4) is 0 Å². The fraction of sp³-hybridized carbons (Fsp3) is 0.308. The highest BCUT2D eigenvalue weighted by Gasteiger charge is 2.20. The van der Waals surface area contributed by atoms with Crippen LogP contribution in [0.2, 0.25) is 0 Å². The number of rotatable bonds is 0. The Morgan fingerprint density at radius 1 is 1.29 bits per heavy atom. The number of nitrogens with zero attached hydrogens (tertiary/aromatic N) is 1. The Balaban J connectivity index is 2.48. The molecule has 2 rings (SSSR count). The van der Waals surface area contributed by atoms with Gasteiger partial charge in [0.1, 0.15) is 5.60 Å². The van der Waals surface area contributed by atoms with Crippen molar-refractivity contribution in [1.29, 1.82) is 0 Å². The highest BCUT2D eigenvalue weighted by molar-refractivity contribution is 9.10. The number of aromatic nitrogens is 1. The minimum absolute atomic E-state index is 0.370. The number of carbonyl (C=O) groups excluding carboxylic acids is 1. The highest BCUT2D eigenvalue weighted by Crippen LogP contribution is 2.25. The lowest BCUT2D eigenvalue weighted by Crippen LogP contribution is -2.27. The van der Waals surface area contributed by atoms with Gasteiger partial charge in [-0.05, 0) is 48.8 Å². The lowest BCUT2D eigenvalue weighted by atomic mass is 10.2. The first-order valence-electron chi connectivity index (χ1n) is 5.38. The molecule has 0 aliphatic carbocycles. The van der Waals surface area contributed by atoms with E-state index in [4.69, 9.17) is 4.74 Å². The molecule has 0 bridgehead atoms. The van der Waals surface area contributed by atoms with E-state index in [1.807, 2.05) is 51.1 Å². The minimum Gasteiger partial charge on any atom is -0.443 e. The molecule has 1 heterocycles. The summed E-state index contributed by atoms with van der Waals surface area (Å²) in [7, 11) is 0. The number of fused-ring (bicyclic) bond motifs is 1. The van der Waals surface area contributed by atoms with E-state index in [0.717, 1.165) is 10.9 Å². The summed E-state index contributed by atoms with van der Waals surface area (Å²) >= 11 is 3.38. The molecule has 0 fully saturated rings. The zero-order valence-corrected chi connectivity index (χ0v) is 11.6. The Bertz CT molecular complexity index is 566. The van der Waals surface area contributed by atoms with E-state index in [2.05, 4.69) is 15.9 Å². The molecule has 0 amide bonds. The Morgan fingerprint density at radius 2 is 1.94 bits per heavy atom. The first-order valence-corrected chi connectivity index (χ1v) is 6.17. The van der Waals surface area contributed by atoms with Crippen LogP contribution < -0.4 is 0 Å². The van der Waals surface area contributed by atoms with Crippen LogP contribution in [0, 0.1) is 0 Å². The zero-order valence-electron chi connectivity index (χ0n) is 10.0. The second-order valence-electron chi connectivity index (χ2n) is 4.84. The molecule has 90 valence electrons. The average molecular weight is 296 g/mol. The quantitative estimate of drug-likeness (QED) is 0.730. The van der Waals surface area contributed by atoms with Gasteiger partial charge in [-0.1, -0.05) is 18.2 Å². The maximum atomic E-state index is 12.1. The Kier molecular flexibility index (Phi) is 3.00. The van der Waals surface area contributed by atoms with Gasteiger partial charge in [-0.25, -0.2) is 9.36 Å². The van der Waals surface area contributed by atoms with Gasteiger partial charge in [0.15, 0.2) is 0 Å². The molecule has 4 heteroatoms. The van der Waals surface area contributed by atoms with Gasteiger partial charge in [0.25, 0.3) is 0 Å². The fourth-order valence-electron chi connectivity index (χ4n) is 1.61. The first-order chi connectivity index (χ1) is 7.88. The molecule has 0 aliphatic heterocycles. The molecular formula is C13H14BrNO2. The predicted octanol–water partition coefficient (Wildman–Crippen LogP) is 4.19. The molecule has 2 aromatic rings. The number of para-hydroxylation sites is 1. The maximum Gasteiger partial charge on any atom is 0.419 e. The zero-order chi connectivity index (χ0) is 12.6. The molecule has 0 spiro atoms. The summed E-state index contributed by atoms with van der Waals surface area (Å²) in [6.07, 6.45) is -0.370. The van der Waals surface area contributed by atoms with Crippen molar-refractivity contribution in [2.45, 2.75) is 26.4 Å². The second kappa shape index (κ2) is 4.18. The molecular weight excluding hydrogens is 282 g/mol. The molecule has 0 unspecified atom stereocenters. The summed E-state index contributed by atoms with van der Waals surface area (Å²) in [5, 5.41) is 1.00. The third kappa shape index (κ3) is 2.52. The molecule has 0 N–H and O–H groups in total. The number of carbonyl (C=O) groups is 1. The predicted molar refractivity (Wildman–Crippen MR) is 71.3 cm³/mol. The van der Waals surface area contributed by atoms with Crippen molar-refractivity contribution < 1.29 is 9.53 Å².